The average molecular weight is 879 g/mol. The Hall–Kier alpha value is -4.39. The minimum atomic E-state index is -4.75. The van der Waals surface area contributed by atoms with Crippen molar-refractivity contribution in [1.82, 2.24) is 34.5 Å². The third-order valence-corrected chi connectivity index (χ3v) is 17.9. The molecule has 6 rings (SSSR count). The van der Waals surface area contributed by atoms with Gasteiger partial charge in [0.1, 0.15) is 42.2 Å². The minimum Gasteiger partial charge on any atom is -0.457 e. The van der Waals surface area contributed by atoms with Gasteiger partial charge in [-0.15, -0.1) is 23.1 Å². The van der Waals surface area contributed by atoms with Gasteiger partial charge in [-0.3, -0.25) is 23.2 Å². The van der Waals surface area contributed by atoms with E-state index in [1.165, 1.54) is 46.7 Å². The second-order valence-corrected chi connectivity index (χ2v) is 23.6. The van der Waals surface area contributed by atoms with Gasteiger partial charge in [0.15, 0.2) is 26.0 Å². The molecule has 2 fully saturated rings. The summed E-state index contributed by atoms with van der Waals surface area (Å²) in [6, 6.07) is 2.74. The van der Waals surface area contributed by atoms with Gasteiger partial charge >= 0.3 is 22.4 Å². The van der Waals surface area contributed by atoms with Crippen molar-refractivity contribution in [3.63, 3.8) is 0 Å². The summed E-state index contributed by atoms with van der Waals surface area (Å²) in [5, 5.41) is 3.78. The van der Waals surface area contributed by atoms with Crippen LogP contribution in [-0.4, -0.2) is 114 Å². The van der Waals surface area contributed by atoms with Crippen molar-refractivity contribution in [1.29, 1.82) is 0 Å². The zero-order valence-electron chi connectivity index (χ0n) is 32.7. The highest BCUT2D eigenvalue weighted by Gasteiger charge is 2.55. The van der Waals surface area contributed by atoms with E-state index in [0.29, 0.717) is 11.2 Å². The zero-order chi connectivity index (χ0) is 42.2. The number of nitrogens with two attached hydrogens (primary N) is 1. The molecule has 3 amide bonds. The summed E-state index contributed by atoms with van der Waals surface area (Å²) in [7, 11) is -7.16. The number of thiophene rings is 1. The summed E-state index contributed by atoms with van der Waals surface area (Å²) in [5.41, 5.74) is 6.82. The van der Waals surface area contributed by atoms with Crippen LogP contribution in [-0.2, 0) is 53.9 Å². The molecule has 0 bridgehead atoms. The summed E-state index contributed by atoms with van der Waals surface area (Å²) in [4.78, 5) is 66.6. The van der Waals surface area contributed by atoms with Crippen molar-refractivity contribution in [3.05, 3.63) is 59.0 Å². The standard InChI is InChI=1S/C35H46N8O11S3Si/c1-8-11-50-33(46)26-20(16-56-32-25(30(45)43(26)32)40-23(44)13-21-10-9-12-55-21)14-51-34(47)41-57(48,49)52-15-22-19(2)27(54-58(6,7)35(3,4)5)31(53-22)42-18-39-24-28(36)37-17-38-29(24)42/h8-10,12,17-19,22,25,27,31-32H,1,11,13-16H2,2-7H3,(H,40,44)(H,41,47)(H2,36,37,38)/t19-,22-,25-,27-,31-,32-/m1/s1. The van der Waals surface area contributed by atoms with Crippen LogP contribution in [0.25, 0.3) is 11.2 Å². The molecule has 0 saturated carbocycles. The van der Waals surface area contributed by atoms with Gasteiger partial charge in [0.05, 0.1) is 31.6 Å². The van der Waals surface area contributed by atoms with Gasteiger partial charge < -0.3 is 29.7 Å². The first-order valence-corrected chi connectivity index (χ1v) is 24.4. The van der Waals surface area contributed by atoms with E-state index in [9.17, 15) is 27.6 Å². The summed E-state index contributed by atoms with van der Waals surface area (Å²) in [5.74, 6) is -1.91. The Morgan fingerprint density at radius 3 is 2.64 bits per heavy atom. The Kier molecular flexibility index (Phi) is 12.7. The molecule has 6 atom stereocenters. The summed E-state index contributed by atoms with van der Waals surface area (Å²) < 4.78 is 58.3. The quantitative estimate of drug-likeness (QED) is 0.0860. The van der Waals surface area contributed by atoms with Gasteiger partial charge in [-0.1, -0.05) is 46.4 Å². The van der Waals surface area contributed by atoms with Crippen molar-refractivity contribution in [3.8, 4) is 0 Å². The van der Waals surface area contributed by atoms with Crippen LogP contribution < -0.4 is 15.8 Å². The SMILES string of the molecule is C=CCOC(=O)C1=C(COC(=O)NS(=O)(=O)OC[C@H]2O[C@@H](n3cnc4c(N)ncnc43)[C@H](O[Si](C)(C)C(C)(C)C)[C@@H]2C)CS[C@@H]2[C@H](NC(=O)Cc3cccs3)C(=O)N12. The molecule has 4 N–H and O–H groups in total. The summed E-state index contributed by atoms with van der Waals surface area (Å²) in [6.07, 6.45) is 0.669. The van der Waals surface area contributed by atoms with E-state index in [-0.39, 0.29) is 46.8 Å². The van der Waals surface area contributed by atoms with Gasteiger partial charge in [0.25, 0.3) is 5.91 Å². The Morgan fingerprint density at radius 2 is 1.95 bits per heavy atom. The number of imidazole rings is 1. The van der Waals surface area contributed by atoms with Crippen molar-refractivity contribution in [2.75, 3.05) is 31.3 Å². The van der Waals surface area contributed by atoms with Gasteiger partial charge in [-0.25, -0.2) is 24.5 Å². The lowest BCUT2D eigenvalue weighted by Crippen LogP contribution is -2.70. The number of rotatable bonds is 15. The smallest absolute Gasteiger partial charge is 0.423 e. The lowest BCUT2D eigenvalue weighted by atomic mass is 10.0. The number of esters is 1. The first-order chi connectivity index (χ1) is 27.3. The van der Waals surface area contributed by atoms with E-state index in [1.807, 2.05) is 24.4 Å². The number of thioether (sulfide) groups is 1. The monoisotopic (exact) mass is 878 g/mol. The molecular weight excluding hydrogens is 833 g/mol. The van der Waals surface area contributed by atoms with E-state index < -0.39 is 85.6 Å². The maximum Gasteiger partial charge on any atom is 0.423 e. The third-order valence-electron chi connectivity index (χ3n) is 10.4. The van der Waals surface area contributed by atoms with Crippen LogP contribution in [0.4, 0.5) is 10.6 Å². The van der Waals surface area contributed by atoms with Crippen LogP contribution >= 0.6 is 23.1 Å². The van der Waals surface area contributed by atoms with E-state index in [4.69, 9.17) is 28.6 Å². The number of carbonyl (C=O) groups is 4. The number of fused-ring (bicyclic) bond motifs is 2. The van der Waals surface area contributed by atoms with Gasteiger partial charge in [0.2, 0.25) is 5.91 Å². The molecule has 2 saturated heterocycles. The molecule has 0 aliphatic carbocycles. The number of hydrogen-bond acceptors (Lipinski definition) is 17. The van der Waals surface area contributed by atoms with E-state index in [2.05, 4.69) is 60.7 Å². The number of nitrogens with zero attached hydrogens (tertiary/aromatic N) is 5. The number of ether oxygens (including phenoxy) is 3. The summed E-state index contributed by atoms with van der Waals surface area (Å²) >= 11 is 2.64. The molecule has 0 spiro atoms. The number of nitrogen functional groups attached to an aromatic ring is 1. The number of anilines is 1. The first kappa shape index (κ1) is 43.2. The van der Waals surface area contributed by atoms with Crippen LogP contribution in [0.1, 0.15) is 38.8 Å². The predicted octanol–water partition coefficient (Wildman–Crippen LogP) is 3.01. The van der Waals surface area contributed by atoms with Gasteiger partial charge in [0, 0.05) is 22.1 Å². The van der Waals surface area contributed by atoms with Crippen LogP contribution in [0, 0.1) is 5.92 Å². The predicted molar refractivity (Wildman–Crippen MR) is 215 cm³/mol. The molecule has 3 aliphatic rings. The minimum absolute atomic E-state index is 0.0950. The Morgan fingerprint density at radius 1 is 1.19 bits per heavy atom. The Balaban J connectivity index is 1.10. The summed E-state index contributed by atoms with van der Waals surface area (Å²) in [6.45, 7) is 14.6. The van der Waals surface area contributed by atoms with Crippen LogP contribution in [0.3, 0.4) is 0 Å². The normalized spacial score (nSPS) is 23.6. The number of amides is 3. The highest BCUT2D eigenvalue weighted by molar-refractivity contribution is 8.00. The van der Waals surface area contributed by atoms with Crippen LogP contribution in [0.5, 0.6) is 0 Å². The van der Waals surface area contributed by atoms with Gasteiger partial charge in [-0.05, 0) is 29.6 Å². The number of hydrogen-bond donors (Lipinski definition) is 3. The van der Waals surface area contributed by atoms with E-state index >= 15 is 0 Å². The van der Waals surface area contributed by atoms with Crippen molar-refractivity contribution in [2.24, 2.45) is 5.92 Å². The molecule has 23 heteroatoms. The highest BCUT2D eigenvalue weighted by atomic mass is 32.2. The number of aromatic nitrogens is 4. The number of carbonyl (C=O) groups excluding carboxylic acids is 4. The molecule has 3 aliphatic heterocycles. The molecule has 3 aromatic heterocycles. The fourth-order valence-corrected chi connectivity index (χ4v) is 10.3. The van der Waals surface area contributed by atoms with Crippen molar-refractivity contribution >= 4 is 82.6 Å². The van der Waals surface area contributed by atoms with E-state index in [1.54, 1.807) is 9.29 Å². The second-order valence-electron chi connectivity index (χ2n) is 15.3. The van der Waals surface area contributed by atoms with Crippen molar-refractivity contribution < 1.29 is 50.4 Å². The lowest BCUT2D eigenvalue weighted by Gasteiger charge is -2.49. The number of β-lactam (4-membered cyclic amide) rings is 1. The molecule has 19 nitrogen and oxygen atoms in total. The molecular formula is C35H46N8O11S3Si. The Labute approximate surface area is 344 Å². The molecule has 314 valence electrons. The molecule has 3 aromatic rings. The highest BCUT2D eigenvalue weighted by Crippen LogP contribution is 2.45. The first-order valence-electron chi connectivity index (χ1n) is 18.2. The molecule has 6 heterocycles. The van der Waals surface area contributed by atoms with E-state index in [0.717, 1.165) is 4.88 Å². The lowest BCUT2D eigenvalue weighted by molar-refractivity contribution is -0.152. The topological polar surface area (TPSA) is 245 Å². The second kappa shape index (κ2) is 17.1. The Bertz CT molecular complexity index is 2210. The third kappa shape index (κ3) is 9.09. The fourth-order valence-electron chi connectivity index (χ4n) is 6.26. The van der Waals surface area contributed by atoms with Gasteiger partial charge in [-0.2, -0.15) is 13.1 Å². The maximum absolute atomic E-state index is 13.3. The molecule has 0 aromatic carbocycles. The fraction of sp³-hybridized carbons (Fsp3) is 0.514. The largest absolute Gasteiger partial charge is 0.457 e. The van der Waals surface area contributed by atoms with Crippen LogP contribution in [0.2, 0.25) is 18.1 Å². The zero-order valence-corrected chi connectivity index (χ0v) is 36.1. The maximum atomic E-state index is 13.3. The average Bonchev–Trinajstić information content (AvgIpc) is 3.90. The molecule has 58 heavy (non-hydrogen) atoms. The molecule has 0 unspecified atom stereocenters. The van der Waals surface area contributed by atoms with Crippen LogP contribution in [0.15, 0.2) is 54.1 Å². The molecule has 0 radical (unpaired) electrons. The van der Waals surface area contributed by atoms with Crippen molar-refractivity contribution in [2.45, 2.75) is 82.1 Å². The number of nitrogens with one attached hydrogen (secondary N) is 2.